The van der Waals surface area contributed by atoms with Gasteiger partial charge in [0.15, 0.2) is 0 Å². The topological polar surface area (TPSA) is 103 Å². The van der Waals surface area contributed by atoms with E-state index in [9.17, 15) is 4.39 Å². The average molecular weight is 459 g/mol. The number of ether oxygens (including phenoxy) is 1. The second-order valence-corrected chi connectivity index (χ2v) is 7.99. The Bertz CT molecular complexity index is 1050. The van der Waals surface area contributed by atoms with Crippen molar-refractivity contribution < 1.29 is 9.13 Å². The number of amidine groups is 2. The van der Waals surface area contributed by atoms with Crippen LogP contribution in [-0.2, 0) is 11.2 Å². The van der Waals surface area contributed by atoms with Crippen molar-refractivity contribution in [1.82, 2.24) is 14.9 Å². The van der Waals surface area contributed by atoms with Gasteiger partial charge in [-0.25, -0.2) is 14.4 Å². The summed E-state index contributed by atoms with van der Waals surface area (Å²) in [5, 5.41) is 8.20. The van der Waals surface area contributed by atoms with E-state index in [1.165, 1.54) is 6.07 Å². The first-order valence-electron chi connectivity index (χ1n) is 10.4. The minimum atomic E-state index is -0.357. The zero-order valence-electron chi connectivity index (χ0n) is 18.3. The lowest BCUT2D eigenvalue weighted by Crippen LogP contribution is -2.37. The fraction of sp³-hybridized carbons (Fsp3) is 0.348. The lowest BCUT2D eigenvalue weighted by atomic mass is 10.1. The SMILES string of the molecule is C/C=C/C(=N)N=C(N)/C=C(/CN1CCOCC1)c1nc(Cc2ccc(Cl)cc2F)c(C)[nH]1. The van der Waals surface area contributed by atoms with E-state index in [1.807, 2.05) is 13.8 Å². The maximum atomic E-state index is 14.3. The standard InChI is InChI=1S/C23H28ClFN6O/c1-3-4-21(26)30-22(27)12-17(14-31-7-9-32-10-8-31)23-28-15(2)20(29-23)11-16-5-6-18(24)13-19(16)25/h3-6,12-13H,7-11,14H2,1-2H3,(H,28,29)(H3,26,27,30)/b4-3+,17-12-. The molecule has 4 N–H and O–H groups in total. The van der Waals surface area contributed by atoms with Gasteiger partial charge < -0.3 is 15.5 Å². The third-order valence-corrected chi connectivity index (χ3v) is 5.29. The highest BCUT2D eigenvalue weighted by Gasteiger charge is 2.18. The molecule has 1 aromatic heterocycles. The molecule has 0 unspecified atom stereocenters. The molecule has 9 heteroatoms. The van der Waals surface area contributed by atoms with Crippen LogP contribution in [0.4, 0.5) is 4.39 Å². The number of rotatable bonds is 7. The van der Waals surface area contributed by atoms with Crippen molar-refractivity contribution in [3.8, 4) is 0 Å². The van der Waals surface area contributed by atoms with Crippen LogP contribution in [0.15, 0.2) is 41.4 Å². The summed E-state index contributed by atoms with van der Waals surface area (Å²) in [5.41, 5.74) is 9.05. The minimum Gasteiger partial charge on any atom is -0.384 e. The van der Waals surface area contributed by atoms with Gasteiger partial charge in [-0.3, -0.25) is 10.3 Å². The molecule has 32 heavy (non-hydrogen) atoms. The van der Waals surface area contributed by atoms with Crippen molar-refractivity contribution in [1.29, 1.82) is 5.41 Å². The van der Waals surface area contributed by atoms with Crippen LogP contribution in [0.2, 0.25) is 5.02 Å². The molecule has 1 fully saturated rings. The van der Waals surface area contributed by atoms with Crippen molar-refractivity contribution in [3.63, 3.8) is 0 Å². The normalized spacial score (nSPS) is 16.1. The molecule has 2 aromatic rings. The fourth-order valence-electron chi connectivity index (χ4n) is 3.40. The molecule has 3 rings (SSSR count). The number of imidazole rings is 1. The number of allylic oxidation sites excluding steroid dienone is 1. The summed E-state index contributed by atoms with van der Waals surface area (Å²) in [5.74, 6) is 0.579. The van der Waals surface area contributed by atoms with E-state index < -0.39 is 0 Å². The lowest BCUT2D eigenvalue weighted by Gasteiger charge is -2.27. The van der Waals surface area contributed by atoms with Gasteiger partial charge in [0.1, 0.15) is 23.3 Å². The Hall–Kier alpha value is -2.81. The lowest BCUT2D eigenvalue weighted by molar-refractivity contribution is 0.0443. The quantitative estimate of drug-likeness (QED) is 0.434. The van der Waals surface area contributed by atoms with Crippen molar-refractivity contribution >= 4 is 28.8 Å². The summed E-state index contributed by atoms with van der Waals surface area (Å²) in [6.45, 7) is 7.25. The van der Waals surface area contributed by atoms with E-state index in [1.54, 1.807) is 30.4 Å². The van der Waals surface area contributed by atoms with Crippen LogP contribution in [0.1, 0.15) is 29.7 Å². The maximum absolute atomic E-state index is 14.3. The fourth-order valence-corrected chi connectivity index (χ4v) is 3.56. The largest absolute Gasteiger partial charge is 0.384 e. The van der Waals surface area contributed by atoms with Crippen LogP contribution >= 0.6 is 11.6 Å². The number of aromatic amines is 1. The van der Waals surface area contributed by atoms with Crippen LogP contribution in [-0.4, -0.2) is 59.4 Å². The van der Waals surface area contributed by atoms with Gasteiger partial charge in [-0.05, 0) is 43.7 Å². The first-order valence-corrected chi connectivity index (χ1v) is 10.8. The number of aromatic nitrogens is 2. The van der Waals surface area contributed by atoms with E-state index in [4.69, 9.17) is 32.5 Å². The van der Waals surface area contributed by atoms with Gasteiger partial charge >= 0.3 is 0 Å². The highest BCUT2D eigenvalue weighted by atomic mass is 35.5. The summed E-state index contributed by atoms with van der Waals surface area (Å²) >= 11 is 5.87. The second-order valence-electron chi connectivity index (χ2n) is 7.55. The molecular weight excluding hydrogens is 431 g/mol. The predicted octanol–water partition coefficient (Wildman–Crippen LogP) is 3.73. The molecule has 0 radical (unpaired) electrons. The zero-order valence-corrected chi connectivity index (χ0v) is 19.0. The van der Waals surface area contributed by atoms with Crippen LogP contribution in [0.5, 0.6) is 0 Å². The van der Waals surface area contributed by atoms with Gasteiger partial charge in [0, 0.05) is 42.3 Å². The molecule has 2 heterocycles. The van der Waals surface area contributed by atoms with E-state index in [-0.39, 0.29) is 17.5 Å². The Balaban J connectivity index is 1.90. The molecule has 0 atom stereocenters. The highest BCUT2D eigenvalue weighted by Crippen LogP contribution is 2.21. The van der Waals surface area contributed by atoms with Crippen LogP contribution in [0.3, 0.4) is 0 Å². The molecule has 0 spiro atoms. The van der Waals surface area contributed by atoms with Crippen molar-refractivity contribution in [2.45, 2.75) is 20.3 Å². The van der Waals surface area contributed by atoms with Crippen LogP contribution in [0.25, 0.3) is 5.57 Å². The summed E-state index contributed by atoms with van der Waals surface area (Å²) in [6.07, 6.45) is 5.37. The maximum Gasteiger partial charge on any atom is 0.146 e. The highest BCUT2D eigenvalue weighted by molar-refractivity contribution is 6.30. The van der Waals surface area contributed by atoms with Crippen LogP contribution in [0, 0.1) is 18.2 Å². The summed E-state index contributed by atoms with van der Waals surface area (Å²) in [7, 11) is 0. The van der Waals surface area contributed by atoms with E-state index >= 15 is 0 Å². The third-order valence-electron chi connectivity index (χ3n) is 5.06. The third kappa shape index (κ3) is 6.59. The van der Waals surface area contributed by atoms with Crippen molar-refractivity contribution in [3.05, 3.63) is 70.0 Å². The van der Waals surface area contributed by atoms with Crippen molar-refractivity contribution in [2.24, 2.45) is 10.7 Å². The zero-order chi connectivity index (χ0) is 23.1. The minimum absolute atomic E-state index is 0.0708. The number of aryl methyl sites for hydroxylation is 1. The molecule has 7 nitrogen and oxygen atoms in total. The molecule has 1 aromatic carbocycles. The van der Waals surface area contributed by atoms with E-state index in [0.717, 1.165) is 30.1 Å². The Morgan fingerprint density at radius 2 is 2.16 bits per heavy atom. The molecule has 0 bridgehead atoms. The number of nitrogens with zero attached hydrogens (tertiary/aromatic N) is 3. The second kappa shape index (κ2) is 11.2. The number of nitrogens with two attached hydrogens (primary N) is 1. The first kappa shape index (κ1) is 23.8. The molecule has 0 aliphatic carbocycles. The van der Waals surface area contributed by atoms with Gasteiger partial charge in [-0.1, -0.05) is 23.7 Å². The number of aliphatic imine (C=N–C) groups is 1. The molecule has 1 saturated heterocycles. The van der Waals surface area contributed by atoms with Gasteiger partial charge in [0.25, 0.3) is 0 Å². The van der Waals surface area contributed by atoms with Gasteiger partial charge in [-0.2, -0.15) is 0 Å². The molecular formula is C23H28ClFN6O. The van der Waals surface area contributed by atoms with Gasteiger partial charge in [0.2, 0.25) is 0 Å². The van der Waals surface area contributed by atoms with E-state index in [0.29, 0.717) is 42.6 Å². The number of benzene rings is 1. The van der Waals surface area contributed by atoms with Gasteiger partial charge in [-0.15, -0.1) is 0 Å². The molecule has 0 amide bonds. The molecule has 170 valence electrons. The molecule has 1 aliphatic rings. The number of H-pyrrole nitrogens is 1. The first-order chi connectivity index (χ1) is 15.4. The summed E-state index contributed by atoms with van der Waals surface area (Å²) < 4.78 is 19.7. The average Bonchev–Trinajstić information content (AvgIpc) is 3.11. The Labute approximate surface area is 192 Å². The Morgan fingerprint density at radius 1 is 1.41 bits per heavy atom. The Morgan fingerprint density at radius 3 is 2.84 bits per heavy atom. The predicted molar refractivity (Wildman–Crippen MR) is 127 cm³/mol. The summed E-state index contributed by atoms with van der Waals surface area (Å²) in [4.78, 5) is 14.4. The van der Waals surface area contributed by atoms with Crippen molar-refractivity contribution in [2.75, 3.05) is 32.8 Å². The van der Waals surface area contributed by atoms with Gasteiger partial charge in [0.05, 0.1) is 18.9 Å². The number of hydrogen-bond acceptors (Lipinski definition) is 4. The Kier molecular flexibility index (Phi) is 8.33. The summed E-state index contributed by atoms with van der Waals surface area (Å²) in [6, 6.07) is 4.65. The van der Waals surface area contributed by atoms with E-state index in [2.05, 4.69) is 14.9 Å². The number of hydrogen-bond donors (Lipinski definition) is 3. The molecule has 1 aliphatic heterocycles. The smallest absolute Gasteiger partial charge is 0.146 e. The number of halogens is 2. The van der Waals surface area contributed by atoms with Crippen LogP contribution < -0.4 is 5.73 Å². The monoisotopic (exact) mass is 458 g/mol. The number of nitrogens with one attached hydrogen (secondary N) is 2. The molecule has 0 saturated carbocycles. The number of morpholine rings is 1.